The average molecular weight is 1150 g/mol. The van der Waals surface area contributed by atoms with Crippen LogP contribution in [0.3, 0.4) is 0 Å². The smallest absolute Gasteiger partial charge is 0.349 e. The van der Waals surface area contributed by atoms with Crippen LogP contribution >= 0.6 is 0 Å². The van der Waals surface area contributed by atoms with Gasteiger partial charge in [0.2, 0.25) is 5.82 Å². The van der Waals surface area contributed by atoms with Crippen molar-refractivity contribution in [2.24, 2.45) is 16.7 Å². The first kappa shape index (κ1) is 59.0. The third-order valence-electron chi connectivity index (χ3n) is 16.6. The maximum atomic E-state index is 16.3. The molecule has 11 atom stereocenters. The van der Waals surface area contributed by atoms with E-state index in [0.29, 0.717) is 5.56 Å². The van der Waals surface area contributed by atoms with Crippen LogP contribution < -0.4 is 16.3 Å². The fraction of sp³-hybridized carbons (Fsp3) is 0.393. The fourth-order valence-corrected chi connectivity index (χ4v) is 12.4. The second kappa shape index (κ2) is 23.0. The first-order valence-electron chi connectivity index (χ1n) is 26.8. The van der Waals surface area contributed by atoms with Crippen LogP contribution in [0.15, 0.2) is 130 Å². The third kappa shape index (κ3) is 10.8. The van der Waals surface area contributed by atoms with E-state index in [1.165, 1.54) is 58.0 Å². The Balaban J connectivity index is 1.10. The van der Waals surface area contributed by atoms with Crippen molar-refractivity contribution in [3.8, 4) is 5.75 Å². The van der Waals surface area contributed by atoms with Crippen molar-refractivity contribution in [2.75, 3.05) is 13.2 Å². The number of Topliss-reactive ketones (excluding diaryl/α,β-unsaturated/α-hetero) is 1. The monoisotopic (exact) mass is 1140 g/mol. The highest BCUT2D eigenvalue weighted by molar-refractivity contribution is 5.98. The fourth-order valence-electron chi connectivity index (χ4n) is 12.4. The van der Waals surface area contributed by atoms with Crippen molar-refractivity contribution in [2.45, 2.75) is 121 Å². The van der Waals surface area contributed by atoms with Crippen LogP contribution in [0.4, 0.5) is 4.39 Å². The molecule has 1 aliphatic heterocycles. The van der Waals surface area contributed by atoms with Crippen molar-refractivity contribution in [3.63, 3.8) is 0 Å². The van der Waals surface area contributed by atoms with Gasteiger partial charge in [0.05, 0.1) is 29.5 Å². The first-order valence-corrected chi connectivity index (χ1v) is 26.8. The van der Waals surface area contributed by atoms with Gasteiger partial charge in [0, 0.05) is 56.0 Å². The van der Waals surface area contributed by atoms with E-state index in [1.54, 1.807) is 66.7 Å². The number of benzene rings is 4. The molecule has 3 fully saturated rings. The highest BCUT2D eigenvalue weighted by Gasteiger charge is 2.79. The number of aliphatic hydroxyl groups excluding tert-OH is 1. The molecule has 2 saturated carbocycles. The Morgan fingerprint density at radius 3 is 2.06 bits per heavy atom. The first-order chi connectivity index (χ1) is 39.3. The van der Waals surface area contributed by atoms with Gasteiger partial charge in [-0.1, -0.05) is 80.6 Å². The van der Waals surface area contributed by atoms with Gasteiger partial charge in [0.25, 0.3) is 11.8 Å². The van der Waals surface area contributed by atoms with E-state index in [9.17, 15) is 58.1 Å². The number of aromatic hydroxyl groups is 1. The molecule has 436 valence electrons. The van der Waals surface area contributed by atoms with Gasteiger partial charge in [-0.2, -0.15) is 4.39 Å². The van der Waals surface area contributed by atoms with Gasteiger partial charge in [-0.3, -0.25) is 28.8 Å². The minimum Gasteiger partial charge on any atom is -0.505 e. The van der Waals surface area contributed by atoms with Crippen LogP contribution in [0, 0.1) is 22.6 Å². The van der Waals surface area contributed by atoms with Crippen LogP contribution in [0.25, 0.3) is 11.0 Å². The summed E-state index contributed by atoms with van der Waals surface area (Å²) in [6.45, 7) is 7.27. The number of fused-ring (bicyclic) bond motifs is 6. The number of hydrogen-bond donors (Lipinski definition) is 5. The average Bonchev–Trinajstić information content (AvgIpc) is 0.855. The van der Waals surface area contributed by atoms with Crippen molar-refractivity contribution < 1.29 is 90.9 Å². The molecular formula is C61H61FN2O19. The molecule has 21 nitrogen and oxygen atoms in total. The highest BCUT2D eigenvalue weighted by Crippen LogP contribution is 2.65. The third-order valence-corrected chi connectivity index (χ3v) is 16.6. The molecule has 0 radical (unpaired) electrons. The number of ether oxygens (including phenoxy) is 6. The summed E-state index contributed by atoms with van der Waals surface area (Å²) in [5.41, 5.74) is -10.5. The second-order valence-electron chi connectivity index (χ2n) is 21.9. The van der Waals surface area contributed by atoms with Crippen LogP contribution in [-0.4, -0.2) is 124 Å². The quantitative estimate of drug-likeness (QED) is 0.0270. The molecule has 2 heterocycles. The molecule has 0 spiro atoms. The van der Waals surface area contributed by atoms with Crippen molar-refractivity contribution >= 4 is 58.4 Å². The summed E-state index contributed by atoms with van der Waals surface area (Å²) in [5.74, 6) is -11.5. The number of carbonyl (C=O) groups excluding carboxylic acids is 8. The summed E-state index contributed by atoms with van der Waals surface area (Å²) in [4.78, 5) is 126. The van der Waals surface area contributed by atoms with E-state index in [-0.39, 0.29) is 47.0 Å². The summed E-state index contributed by atoms with van der Waals surface area (Å²) in [6.07, 6.45) is -12.2. The van der Waals surface area contributed by atoms with Crippen LogP contribution in [0.5, 0.6) is 5.75 Å². The molecule has 5 aromatic rings. The lowest BCUT2D eigenvalue weighted by atomic mass is 9.44. The molecule has 4 aliphatic rings. The summed E-state index contributed by atoms with van der Waals surface area (Å²) >= 11 is 0. The van der Waals surface area contributed by atoms with Gasteiger partial charge < -0.3 is 58.8 Å². The Morgan fingerprint density at radius 2 is 1.45 bits per heavy atom. The maximum absolute atomic E-state index is 16.3. The number of aliphatic hydroxyl groups is 2. The molecule has 1 saturated heterocycles. The molecule has 1 aromatic heterocycles. The predicted molar refractivity (Wildman–Crippen MR) is 287 cm³/mol. The van der Waals surface area contributed by atoms with Crippen molar-refractivity contribution in [1.29, 1.82) is 0 Å². The number of carbonyl (C=O) groups is 8. The van der Waals surface area contributed by atoms with Gasteiger partial charge in [0.15, 0.2) is 34.9 Å². The lowest BCUT2D eigenvalue weighted by Gasteiger charge is -2.67. The molecule has 2 amide bonds. The number of hydrogen-bond acceptors (Lipinski definition) is 19. The summed E-state index contributed by atoms with van der Waals surface area (Å²) < 4.78 is 56.7. The molecule has 2 bridgehead atoms. The van der Waals surface area contributed by atoms with Crippen molar-refractivity contribution in [1.82, 2.24) is 10.6 Å². The normalized spacial score (nSPS) is 26.6. The van der Waals surface area contributed by atoms with Crippen LogP contribution in [-0.2, 0) is 52.4 Å². The standard InChI is InChI=1S/C61H61FN2O19/c1-31-40(79-57(75)47(69)46(34-17-10-7-11-18-34)64-53(71)35-19-12-8-13-20-35)29-61(76)52(82-55(73)36-21-14-9-15-22-36)50-59(6,51(70)49(78-32(2)65)44(31)58(61,4)5)41(28-42-60(50,30-77-42)83-33(3)66)80-43(68)23-16-26-63-54(72)38-27-37-24-25-39(67)45(62)48(37)81-56(38)74/h7-15,17-22,24-25,27,40-42,46-47,49-50,52,67,69,76H,16,23,26,28-30H2,1-6H3,(H,63,72)(H,64,71)/t40?,41?,42-,46-,47+,49?,50?,52-,59?,60-,61?/m0/s1. The number of amides is 2. The molecule has 83 heavy (non-hydrogen) atoms. The Labute approximate surface area is 474 Å². The SMILES string of the molecule is CC(=O)OC1C(=O)C2(C)C(OC(=O)CCCNC(=O)c3cc4ccc(O)c(F)c4oc3=O)C[C@@H]3OC[C@@]3(OC(C)=O)C2[C@H](OC(=O)c2ccccc2)C2(O)CC(OC(=O)[C@H](O)[C@@H](NC(=O)c3ccccc3)c3ccccc3)C(C)=C1C2(C)C. The Kier molecular flexibility index (Phi) is 16.3. The van der Waals surface area contributed by atoms with Gasteiger partial charge in [-0.05, 0) is 79.4 Å². The molecule has 3 aliphatic carbocycles. The van der Waals surface area contributed by atoms with Crippen LogP contribution in [0.2, 0.25) is 0 Å². The summed E-state index contributed by atoms with van der Waals surface area (Å²) in [7, 11) is 0. The highest BCUT2D eigenvalue weighted by atomic mass is 19.1. The number of ketones is 1. The number of nitrogens with one attached hydrogen (secondary N) is 2. The van der Waals surface area contributed by atoms with Crippen LogP contribution in [0.1, 0.15) is 110 Å². The topological polar surface area (TPSA) is 307 Å². The second-order valence-corrected chi connectivity index (χ2v) is 21.9. The zero-order valence-electron chi connectivity index (χ0n) is 46.0. The Hall–Kier alpha value is -8.60. The van der Waals surface area contributed by atoms with Gasteiger partial charge in [-0.15, -0.1) is 0 Å². The van der Waals surface area contributed by atoms with E-state index >= 15 is 4.79 Å². The number of halogens is 1. The minimum absolute atomic E-state index is 0.00192. The number of esters is 5. The lowest BCUT2D eigenvalue weighted by Crippen LogP contribution is -2.82. The summed E-state index contributed by atoms with van der Waals surface area (Å²) in [5, 5.41) is 41.0. The minimum atomic E-state index is -2.57. The molecular weight excluding hydrogens is 1080 g/mol. The Morgan fingerprint density at radius 1 is 0.807 bits per heavy atom. The lowest BCUT2D eigenvalue weighted by molar-refractivity contribution is -0.346. The van der Waals surface area contributed by atoms with Gasteiger partial charge >= 0.3 is 35.5 Å². The largest absolute Gasteiger partial charge is 0.505 e. The zero-order chi connectivity index (χ0) is 59.9. The number of phenols is 1. The van der Waals surface area contributed by atoms with E-state index in [0.717, 1.165) is 26.0 Å². The molecule has 22 heteroatoms. The van der Waals surface area contributed by atoms with E-state index in [2.05, 4.69) is 10.6 Å². The maximum Gasteiger partial charge on any atom is 0.349 e. The van der Waals surface area contributed by atoms with Crippen molar-refractivity contribution in [3.05, 3.63) is 159 Å². The number of phenolic OH excluding ortho intramolecular Hbond substituents is 1. The molecule has 4 aromatic carbocycles. The van der Waals surface area contributed by atoms with Gasteiger partial charge in [-0.25, -0.2) is 14.4 Å². The molecule has 5 N–H and O–H groups in total. The summed E-state index contributed by atoms with van der Waals surface area (Å²) in [6, 6.07) is 25.6. The van der Waals surface area contributed by atoms with E-state index < -0.39 is 166 Å². The van der Waals surface area contributed by atoms with E-state index in [1.807, 2.05) is 0 Å². The zero-order valence-corrected chi connectivity index (χ0v) is 46.0. The molecule has 6 unspecified atom stereocenters. The Bertz CT molecular complexity index is 3500. The van der Waals surface area contributed by atoms with Gasteiger partial charge in [0.1, 0.15) is 35.6 Å². The molecule has 9 rings (SSSR count). The van der Waals surface area contributed by atoms with E-state index in [4.69, 9.17) is 32.8 Å². The number of rotatable bonds is 16. The predicted octanol–water partition coefficient (Wildman–Crippen LogP) is 5.45.